The van der Waals surface area contributed by atoms with E-state index in [1.165, 1.54) is 0 Å². The molecular formula is C11H15N5O. The van der Waals surface area contributed by atoms with Gasteiger partial charge in [-0.15, -0.1) is 0 Å². The molecule has 90 valence electrons. The summed E-state index contributed by atoms with van der Waals surface area (Å²) in [5.41, 5.74) is 1.38. The van der Waals surface area contributed by atoms with Crippen molar-refractivity contribution in [3.63, 3.8) is 0 Å². The molecule has 1 amide bonds. The SMILES string of the molecule is Cc1[nH]ncc1C(=O)N(C)Cc1nccn1C. The minimum absolute atomic E-state index is 0.0562. The molecule has 1 N–H and O–H groups in total. The standard InChI is InChI=1S/C11H15N5O/c1-8-9(6-13-14-8)11(17)16(3)7-10-12-4-5-15(10)2/h4-6H,7H2,1-3H3,(H,13,14). The summed E-state index contributed by atoms with van der Waals surface area (Å²) in [5.74, 6) is 0.793. The Morgan fingerprint density at radius 1 is 1.59 bits per heavy atom. The Morgan fingerprint density at radius 3 is 2.88 bits per heavy atom. The number of carbonyl (C=O) groups is 1. The predicted octanol–water partition coefficient (Wildman–Crippen LogP) is 0.724. The molecule has 0 radical (unpaired) electrons. The van der Waals surface area contributed by atoms with Gasteiger partial charge >= 0.3 is 0 Å². The fraction of sp³-hybridized carbons (Fsp3) is 0.364. The number of hydrogen-bond acceptors (Lipinski definition) is 3. The van der Waals surface area contributed by atoms with Crippen LogP contribution in [-0.2, 0) is 13.6 Å². The molecule has 0 aliphatic carbocycles. The first-order chi connectivity index (χ1) is 8.09. The second kappa shape index (κ2) is 4.40. The van der Waals surface area contributed by atoms with Gasteiger partial charge in [-0.2, -0.15) is 5.10 Å². The lowest BCUT2D eigenvalue weighted by atomic mass is 10.2. The van der Waals surface area contributed by atoms with E-state index < -0.39 is 0 Å². The Morgan fingerprint density at radius 2 is 2.35 bits per heavy atom. The monoisotopic (exact) mass is 233 g/mol. The smallest absolute Gasteiger partial charge is 0.257 e. The van der Waals surface area contributed by atoms with Crippen LogP contribution in [0, 0.1) is 6.92 Å². The van der Waals surface area contributed by atoms with Crippen LogP contribution in [0.15, 0.2) is 18.6 Å². The zero-order chi connectivity index (χ0) is 12.4. The molecule has 2 heterocycles. The molecule has 0 atom stereocenters. The van der Waals surface area contributed by atoms with Crippen LogP contribution in [-0.4, -0.2) is 37.6 Å². The van der Waals surface area contributed by atoms with Crippen molar-refractivity contribution in [2.45, 2.75) is 13.5 Å². The molecule has 2 aromatic heterocycles. The van der Waals surface area contributed by atoms with E-state index in [1.807, 2.05) is 24.7 Å². The number of hydrogen-bond donors (Lipinski definition) is 1. The first kappa shape index (κ1) is 11.4. The zero-order valence-corrected chi connectivity index (χ0v) is 10.1. The van der Waals surface area contributed by atoms with Crippen molar-refractivity contribution in [1.82, 2.24) is 24.6 Å². The normalized spacial score (nSPS) is 10.5. The molecule has 0 aromatic carbocycles. The number of carbonyl (C=O) groups excluding carboxylic acids is 1. The first-order valence-corrected chi connectivity index (χ1v) is 5.31. The second-order valence-electron chi connectivity index (χ2n) is 4.02. The molecule has 6 nitrogen and oxygen atoms in total. The average molecular weight is 233 g/mol. The molecular weight excluding hydrogens is 218 g/mol. The molecule has 0 bridgehead atoms. The number of aromatic amines is 1. The zero-order valence-electron chi connectivity index (χ0n) is 10.1. The molecule has 6 heteroatoms. The Bertz CT molecular complexity index is 527. The van der Waals surface area contributed by atoms with Crippen molar-refractivity contribution in [2.24, 2.45) is 7.05 Å². The van der Waals surface area contributed by atoms with E-state index in [4.69, 9.17) is 0 Å². The topological polar surface area (TPSA) is 66.8 Å². The molecule has 0 aliphatic heterocycles. The summed E-state index contributed by atoms with van der Waals surface area (Å²) in [6.45, 7) is 2.31. The summed E-state index contributed by atoms with van der Waals surface area (Å²) in [5, 5.41) is 6.60. The largest absolute Gasteiger partial charge is 0.337 e. The van der Waals surface area contributed by atoms with E-state index in [2.05, 4.69) is 15.2 Å². The highest BCUT2D eigenvalue weighted by Gasteiger charge is 2.16. The Labute approximate surface area is 99.3 Å². The first-order valence-electron chi connectivity index (χ1n) is 5.31. The third-order valence-corrected chi connectivity index (χ3v) is 2.71. The summed E-state index contributed by atoms with van der Waals surface area (Å²) >= 11 is 0. The highest BCUT2D eigenvalue weighted by molar-refractivity contribution is 5.94. The Hall–Kier alpha value is -2.11. The number of amides is 1. The molecule has 0 spiro atoms. The van der Waals surface area contributed by atoms with Crippen molar-refractivity contribution < 1.29 is 4.79 Å². The van der Waals surface area contributed by atoms with Gasteiger partial charge in [-0.25, -0.2) is 4.98 Å². The van der Waals surface area contributed by atoms with E-state index in [0.29, 0.717) is 12.1 Å². The van der Waals surface area contributed by atoms with Crippen LogP contribution in [0.3, 0.4) is 0 Å². The maximum absolute atomic E-state index is 12.1. The van der Waals surface area contributed by atoms with Crippen LogP contribution in [0.5, 0.6) is 0 Å². The van der Waals surface area contributed by atoms with Gasteiger partial charge < -0.3 is 9.47 Å². The van der Waals surface area contributed by atoms with Crippen molar-refractivity contribution >= 4 is 5.91 Å². The second-order valence-corrected chi connectivity index (χ2v) is 4.02. The van der Waals surface area contributed by atoms with Gasteiger partial charge in [0.1, 0.15) is 5.82 Å². The van der Waals surface area contributed by atoms with Crippen LogP contribution in [0.25, 0.3) is 0 Å². The average Bonchev–Trinajstić information content (AvgIpc) is 2.88. The summed E-state index contributed by atoms with van der Waals surface area (Å²) in [4.78, 5) is 17.9. The lowest BCUT2D eigenvalue weighted by Crippen LogP contribution is -2.27. The van der Waals surface area contributed by atoms with Gasteiger partial charge in [-0.05, 0) is 6.92 Å². The third-order valence-electron chi connectivity index (χ3n) is 2.71. The molecule has 0 saturated heterocycles. The van der Waals surface area contributed by atoms with E-state index in [1.54, 1.807) is 24.3 Å². The number of rotatable bonds is 3. The van der Waals surface area contributed by atoms with E-state index in [9.17, 15) is 4.79 Å². The minimum Gasteiger partial charge on any atom is -0.337 e. The van der Waals surface area contributed by atoms with Crippen molar-refractivity contribution in [1.29, 1.82) is 0 Å². The Balaban J connectivity index is 2.11. The number of nitrogens with zero attached hydrogens (tertiary/aromatic N) is 4. The molecule has 0 unspecified atom stereocenters. The van der Waals surface area contributed by atoms with E-state index >= 15 is 0 Å². The van der Waals surface area contributed by atoms with Crippen LogP contribution >= 0.6 is 0 Å². The van der Waals surface area contributed by atoms with Gasteiger partial charge in [0, 0.05) is 32.2 Å². The fourth-order valence-electron chi connectivity index (χ4n) is 1.60. The van der Waals surface area contributed by atoms with Crippen molar-refractivity contribution in [3.05, 3.63) is 35.7 Å². The van der Waals surface area contributed by atoms with Crippen LogP contribution in [0.2, 0.25) is 0 Å². The predicted molar refractivity (Wildman–Crippen MR) is 62.3 cm³/mol. The quantitative estimate of drug-likeness (QED) is 0.849. The van der Waals surface area contributed by atoms with Crippen LogP contribution in [0.4, 0.5) is 0 Å². The molecule has 17 heavy (non-hydrogen) atoms. The van der Waals surface area contributed by atoms with Gasteiger partial charge in [0.2, 0.25) is 0 Å². The summed E-state index contributed by atoms with van der Waals surface area (Å²) in [6.07, 6.45) is 5.13. The fourth-order valence-corrected chi connectivity index (χ4v) is 1.60. The van der Waals surface area contributed by atoms with Gasteiger partial charge in [-0.3, -0.25) is 9.89 Å². The molecule has 2 rings (SSSR count). The highest BCUT2D eigenvalue weighted by Crippen LogP contribution is 2.08. The maximum Gasteiger partial charge on any atom is 0.257 e. The number of aryl methyl sites for hydroxylation is 2. The van der Waals surface area contributed by atoms with Gasteiger partial charge in [0.05, 0.1) is 18.3 Å². The number of aromatic nitrogens is 4. The lowest BCUT2D eigenvalue weighted by molar-refractivity contribution is 0.0780. The van der Waals surface area contributed by atoms with E-state index in [0.717, 1.165) is 11.5 Å². The molecule has 0 saturated carbocycles. The minimum atomic E-state index is -0.0562. The lowest BCUT2D eigenvalue weighted by Gasteiger charge is -2.16. The van der Waals surface area contributed by atoms with Gasteiger partial charge in [-0.1, -0.05) is 0 Å². The van der Waals surface area contributed by atoms with Crippen LogP contribution in [0.1, 0.15) is 21.9 Å². The third kappa shape index (κ3) is 2.20. The van der Waals surface area contributed by atoms with Crippen LogP contribution < -0.4 is 0 Å². The van der Waals surface area contributed by atoms with E-state index in [-0.39, 0.29) is 5.91 Å². The van der Waals surface area contributed by atoms with Gasteiger partial charge in [0.25, 0.3) is 5.91 Å². The molecule has 0 aliphatic rings. The van der Waals surface area contributed by atoms with Gasteiger partial charge in [0.15, 0.2) is 0 Å². The molecule has 0 fully saturated rings. The number of H-pyrrole nitrogens is 1. The number of imidazole rings is 1. The number of nitrogens with one attached hydrogen (secondary N) is 1. The van der Waals surface area contributed by atoms with Crippen molar-refractivity contribution in [2.75, 3.05) is 7.05 Å². The summed E-state index contributed by atoms with van der Waals surface area (Å²) < 4.78 is 1.89. The Kier molecular flexibility index (Phi) is 2.95. The maximum atomic E-state index is 12.1. The highest BCUT2D eigenvalue weighted by atomic mass is 16.2. The summed E-state index contributed by atoms with van der Waals surface area (Å²) in [6, 6.07) is 0. The molecule has 2 aromatic rings. The summed E-state index contributed by atoms with van der Waals surface area (Å²) in [7, 11) is 3.66. The van der Waals surface area contributed by atoms with Crippen molar-refractivity contribution in [3.8, 4) is 0 Å².